The molecule has 0 radical (unpaired) electrons. The molecule has 1 aromatic heterocycles. The van der Waals surface area contributed by atoms with Crippen LogP contribution in [0.5, 0.6) is 0 Å². The zero-order valence-corrected chi connectivity index (χ0v) is 9.31. The molecule has 0 unspecified atom stereocenters. The van der Waals surface area contributed by atoms with Crippen molar-refractivity contribution < 1.29 is 4.39 Å². The van der Waals surface area contributed by atoms with Crippen LogP contribution >= 0.6 is 23.3 Å². The fourth-order valence-electron chi connectivity index (χ4n) is 1.08. The van der Waals surface area contributed by atoms with E-state index in [-0.39, 0.29) is 10.7 Å². The highest BCUT2D eigenvalue weighted by molar-refractivity contribution is 6.99. The molecule has 80 valence electrons. The Hall–Kier alpha value is -1.71. The first-order valence-corrected chi connectivity index (χ1v) is 5.26. The molecule has 7 heteroatoms. The third kappa shape index (κ3) is 2.10. The fraction of sp³-hybridized carbons (Fsp3) is 0. The lowest BCUT2D eigenvalue weighted by atomic mass is 10.2. The van der Waals surface area contributed by atoms with E-state index in [0.29, 0.717) is 11.5 Å². The van der Waals surface area contributed by atoms with Crippen molar-refractivity contribution in [1.29, 1.82) is 5.26 Å². The lowest BCUT2D eigenvalue weighted by molar-refractivity contribution is 0.624. The minimum Gasteiger partial charge on any atom is -0.337 e. The molecular formula is C9H4ClFN4S. The largest absolute Gasteiger partial charge is 0.337 e. The molecule has 1 heterocycles. The van der Waals surface area contributed by atoms with Crippen LogP contribution in [0.4, 0.5) is 15.9 Å². The van der Waals surface area contributed by atoms with Crippen molar-refractivity contribution in [2.75, 3.05) is 5.32 Å². The summed E-state index contributed by atoms with van der Waals surface area (Å²) in [4.78, 5) is 0. The second-order valence-electron chi connectivity index (χ2n) is 2.84. The van der Waals surface area contributed by atoms with Gasteiger partial charge in [0.25, 0.3) is 0 Å². The van der Waals surface area contributed by atoms with E-state index in [9.17, 15) is 4.39 Å². The highest BCUT2D eigenvalue weighted by Gasteiger charge is 2.07. The van der Waals surface area contributed by atoms with E-state index < -0.39 is 5.82 Å². The summed E-state index contributed by atoms with van der Waals surface area (Å²) in [5.41, 5.74) is 0.497. The fourth-order valence-corrected chi connectivity index (χ4v) is 1.72. The van der Waals surface area contributed by atoms with Crippen molar-refractivity contribution >= 4 is 34.8 Å². The monoisotopic (exact) mass is 254 g/mol. The van der Waals surface area contributed by atoms with Crippen molar-refractivity contribution in [3.8, 4) is 6.07 Å². The molecular weight excluding hydrogens is 251 g/mol. The maximum atomic E-state index is 13.0. The number of halogens is 2. The first-order valence-electron chi connectivity index (χ1n) is 4.15. The number of hydrogen-bond donors (Lipinski definition) is 1. The number of rotatable bonds is 2. The minimum absolute atomic E-state index is 0.0377. The van der Waals surface area contributed by atoms with Gasteiger partial charge in [-0.25, -0.2) is 4.39 Å². The standard InChI is InChI=1S/C9H4ClFN4S/c10-8-9(15-16-14-8)13-6-1-2-7(11)5(3-6)4-12/h1-3H,(H,13,15). The lowest BCUT2D eigenvalue weighted by Crippen LogP contribution is -1.93. The molecule has 0 atom stereocenters. The van der Waals surface area contributed by atoms with Crippen LogP contribution in [0.25, 0.3) is 0 Å². The van der Waals surface area contributed by atoms with Crippen LogP contribution < -0.4 is 5.32 Å². The van der Waals surface area contributed by atoms with Gasteiger partial charge in [0.2, 0.25) is 0 Å². The van der Waals surface area contributed by atoms with Crippen molar-refractivity contribution in [1.82, 2.24) is 8.75 Å². The molecule has 2 aromatic rings. The Labute approximate surface area is 99.6 Å². The van der Waals surface area contributed by atoms with Crippen molar-refractivity contribution in [2.24, 2.45) is 0 Å². The molecule has 0 aliphatic heterocycles. The summed E-state index contributed by atoms with van der Waals surface area (Å²) in [6, 6.07) is 5.82. The van der Waals surface area contributed by atoms with Gasteiger partial charge < -0.3 is 5.32 Å². The maximum Gasteiger partial charge on any atom is 0.187 e. The van der Waals surface area contributed by atoms with Gasteiger partial charge >= 0.3 is 0 Å². The van der Waals surface area contributed by atoms with Gasteiger partial charge in [-0.2, -0.15) is 14.0 Å². The Morgan fingerprint density at radius 3 is 2.88 bits per heavy atom. The van der Waals surface area contributed by atoms with Crippen molar-refractivity contribution in [3.63, 3.8) is 0 Å². The van der Waals surface area contributed by atoms with Crippen LogP contribution in [0.15, 0.2) is 18.2 Å². The first kappa shape index (κ1) is 10.8. The molecule has 0 aliphatic rings. The minimum atomic E-state index is -0.560. The average molecular weight is 255 g/mol. The summed E-state index contributed by atoms with van der Waals surface area (Å²) in [7, 11) is 0. The molecule has 16 heavy (non-hydrogen) atoms. The van der Waals surface area contributed by atoms with Crippen LogP contribution in [0, 0.1) is 17.1 Å². The molecule has 0 fully saturated rings. The van der Waals surface area contributed by atoms with E-state index >= 15 is 0 Å². The summed E-state index contributed by atoms with van der Waals surface area (Å²) >= 11 is 6.69. The van der Waals surface area contributed by atoms with Gasteiger partial charge in [0.05, 0.1) is 17.3 Å². The number of hydrogen-bond acceptors (Lipinski definition) is 5. The molecule has 2 rings (SSSR count). The normalized spacial score (nSPS) is 9.81. The molecule has 1 aromatic carbocycles. The van der Waals surface area contributed by atoms with E-state index in [1.807, 2.05) is 0 Å². The Balaban J connectivity index is 2.30. The Morgan fingerprint density at radius 2 is 2.25 bits per heavy atom. The third-order valence-electron chi connectivity index (χ3n) is 1.80. The summed E-state index contributed by atoms with van der Waals surface area (Å²) in [5, 5.41) is 11.7. The summed E-state index contributed by atoms with van der Waals surface area (Å²) < 4.78 is 20.7. The van der Waals surface area contributed by atoms with Gasteiger partial charge in [-0.15, -0.1) is 0 Å². The van der Waals surface area contributed by atoms with E-state index in [2.05, 4.69) is 14.1 Å². The average Bonchev–Trinajstić information content (AvgIpc) is 2.67. The topological polar surface area (TPSA) is 61.6 Å². The lowest BCUT2D eigenvalue weighted by Gasteiger charge is -2.03. The zero-order valence-electron chi connectivity index (χ0n) is 7.74. The van der Waals surface area contributed by atoms with Crippen LogP contribution in [0.3, 0.4) is 0 Å². The van der Waals surface area contributed by atoms with Gasteiger partial charge in [-0.1, -0.05) is 11.6 Å². The number of nitrogens with zero attached hydrogens (tertiary/aromatic N) is 3. The molecule has 1 N–H and O–H groups in total. The molecule has 0 aliphatic carbocycles. The second-order valence-corrected chi connectivity index (χ2v) is 3.72. The van der Waals surface area contributed by atoms with Gasteiger partial charge in [-0.3, -0.25) is 0 Å². The van der Waals surface area contributed by atoms with Crippen LogP contribution in [-0.4, -0.2) is 8.75 Å². The number of anilines is 2. The van der Waals surface area contributed by atoms with Gasteiger partial charge in [-0.05, 0) is 18.2 Å². The molecule has 0 saturated carbocycles. The van der Waals surface area contributed by atoms with Crippen LogP contribution in [0.2, 0.25) is 5.15 Å². The van der Waals surface area contributed by atoms with Crippen LogP contribution in [0.1, 0.15) is 5.56 Å². The van der Waals surface area contributed by atoms with Gasteiger partial charge in [0.1, 0.15) is 11.9 Å². The Morgan fingerprint density at radius 1 is 1.44 bits per heavy atom. The van der Waals surface area contributed by atoms with Crippen molar-refractivity contribution in [3.05, 3.63) is 34.7 Å². The molecule has 0 bridgehead atoms. The number of benzene rings is 1. The Kier molecular flexibility index (Phi) is 2.99. The smallest absolute Gasteiger partial charge is 0.187 e. The number of aromatic nitrogens is 2. The quantitative estimate of drug-likeness (QED) is 0.895. The van der Waals surface area contributed by atoms with E-state index in [0.717, 1.165) is 11.7 Å². The highest BCUT2D eigenvalue weighted by atomic mass is 35.5. The molecule has 0 amide bonds. The van der Waals surface area contributed by atoms with Crippen LogP contribution in [-0.2, 0) is 0 Å². The third-order valence-corrected chi connectivity index (χ3v) is 2.69. The highest BCUT2D eigenvalue weighted by Crippen LogP contribution is 2.23. The summed E-state index contributed by atoms with van der Waals surface area (Å²) in [6.45, 7) is 0. The molecule has 4 nitrogen and oxygen atoms in total. The second kappa shape index (κ2) is 4.43. The summed E-state index contributed by atoms with van der Waals surface area (Å²) in [6.07, 6.45) is 0. The van der Waals surface area contributed by atoms with Crippen molar-refractivity contribution in [2.45, 2.75) is 0 Å². The zero-order chi connectivity index (χ0) is 11.5. The maximum absolute atomic E-state index is 13.0. The predicted molar refractivity (Wildman–Crippen MR) is 59.3 cm³/mol. The number of nitriles is 1. The SMILES string of the molecule is N#Cc1cc(Nc2nsnc2Cl)ccc1F. The van der Waals surface area contributed by atoms with Gasteiger partial charge in [0, 0.05) is 5.69 Å². The van der Waals surface area contributed by atoms with E-state index in [4.69, 9.17) is 16.9 Å². The Bertz CT molecular complexity index is 563. The molecule has 0 spiro atoms. The van der Waals surface area contributed by atoms with E-state index in [1.54, 1.807) is 6.07 Å². The predicted octanol–water partition coefficient (Wildman–Crippen LogP) is 2.95. The van der Waals surface area contributed by atoms with E-state index in [1.165, 1.54) is 18.2 Å². The van der Waals surface area contributed by atoms with Gasteiger partial charge in [0.15, 0.2) is 11.0 Å². The summed E-state index contributed by atoms with van der Waals surface area (Å²) in [5.74, 6) is -0.169. The first-order chi connectivity index (χ1) is 7.70. The number of nitrogens with one attached hydrogen (secondary N) is 1. The molecule has 0 saturated heterocycles.